The number of aliphatic hydroxyl groups is 2. The fourth-order valence-electron chi connectivity index (χ4n) is 3.86. The van der Waals surface area contributed by atoms with E-state index in [0.717, 1.165) is 39.1 Å². The number of nitrogens with zero attached hydrogens (tertiary/aromatic N) is 3. The lowest BCUT2D eigenvalue weighted by atomic mass is 9.87. The maximum Gasteiger partial charge on any atom is 0.134 e. The van der Waals surface area contributed by atoms with Crippen LogP contribution in [0.4, 0.5) is 5.82 Å². The summed E-state index contributed by atoms with van der Waals surface area (Å²) in [5.74, 6) is 0.818. The van der Waals surface area contributed by atoms with Gasteiger partial charge in [-0.1, -0.05) is 24.3 Å². The third-order valence-corrected chi connectivity index (χ3v) is 5.55. The molecule has 2 aromatic heterocycles. The van der Waals surface area contributed by atoms with Crippen LogP contribution in [0.25, 0.3) is 10.9 Å². The number of fused-ring (bicyclic) bond motifs is 1. The van der Waals surface area contributed by atoms with E-state index in [-0.39, 0.29) is 6.61 Å². The molecule has 0 radical (unpaired) electrons. The number of hydrogen-bond acceptors (Lipinski definition) is 5. The van der Waals surface area contributed by atoms with Crippen molar-refractivity contribution >= 4 is 16.7 Å². The van der Waals surface area contributed by atoms with Crippen molar-refractivity contribution in [2.45, 2.75) is 38.9 Å². The Morgan fingerprint density at radius 1 is 1.11 bits per heavy atom. The minimum Gasteiger partial charge on any atom is -0.392 e. The van der Waals surface area contributed by atoms with Gasteiger partial charge in [-0.05, 0) is 49.9 Å². The van der Waals surface area contributed by atoms with Gasteiger partial charge in [-0.25, -0.2) is 4.98 Å². The maximum absolute atomic E-state index is 11.1. The number of aryl methyl sites for hydroxylation is 2. The largest absolute Gasteiger partial charge is 0.392 e. The van der Waals surface area contributed by atoms with Crippen molar-refractivity contribution in [3.63, 3.8) is 0 Å². The first kappa shape index (κ1) is 17.9. The lowest BCUT2D eigenvalue weighted by Crippen LogP contribution is -2.43. The third-order valence-electron chi connectivity index (χ3n) is 5.55. The monoisotopic (exact) mass is 363 g/mol. The van der Waals surface area contributed by atoms with Crippen LogP contribution in [0.5, 0.6) is 0 Å². The zero-order valence-corrected chi connectivity index (χ0v) is 15.8. The molecule has 5 heteroatoms. The van der Waals surface area contributed by atoms with Gasteiger partial charge in [0, 0.05) is 30.2 Å². The predicted molar refractivity (Wildman–Crippen MR) is 107 cm³/mol. The first-order valence-electron chi connectivity index (χ1n) is 9.41. The van der Waals surface area contributed by atoms with Crippen molar-refractivity contribution in [2.75, 3.05) is 18.0 Å². The Hall–Kier alpha value is -2.50. The van der Waals surface area contributed by atoms with Crippen LogP contribution >= 0.6 is 0 Å². The molecule has 4 rings (SSSR count). The summed E-state index contributed by atoms with van der Waals surface area (Å²) in [4.78, 5) is 11.5. The van der Waals surface area contributed by atoms with E-state index in [4.69, 9.17) is 4.98 Å². The van der Waals surface area contributed by atoms with Crippen LogP contribution in [0.3, 0.4) is 0 Å². The summed E-state index contributed by atoms with van der Waals surface area (Å²) >= 11 is 0. The molecular formula is C22H25N3O2. The van der Waals surface area contributed by atoms with Crippen LogP contribution < -0.4 is 4.90 Å². The normalized spacial score (nSPS) is 16.7. The molecule has 0 aliphatic carbocycles. The van der Waals surface area contributed by atoms with Crippen molar-refractivity contribution < 1.29 is 10.2 Å². The van der Waals surface area contributed by atoms with Crippen molar-refractivity contribution in [1.29, 1.82) is 0 Å². The summed E-state index contributed by atoms with van der Waals surface area (Å²) in [6.07, 6.45) is 2.97. The molecule has 0 unspecified atom stereocenters. The molecule has 3 heterocycles. The first-order chi connectivity index (χ1) is 13.0. The number of aliphatic hydroxyl groups excluding tert-OH is 1. The zero-order chi connectivity index (χ0) is 19.0. The topological polar surface area (TPSA) is 69.5 Å². The fraction of sp³-hybridized carbons (Fsp3) is 0.364. The summed E-state index contributed by atoms with van der Waals surface area (Å²) in [6.45, 7) is 5.34. The van der Waals surface area contributed by atoms with Gasteiger partial charge in [0.05, 0.1) is 17.8 Å². The molecule has 27 heavy (non-hydrogen) atoms. The minimum atomic E-state index is -0.906. The van der Waals surface area contributed by atoms with E-state index < -0.39 is 5.60 Å². The van der Waals surface area contributed by atoms with Gasteiger partial charge in [-0.3, -0.25) is 4.98 Å². The molecule has 0 atom stereocenters. The predicted octanol–water partition coefficient (Wildman–Crippen LogP) is 3.23. The van der Waals surface area contributed by atoms with E-state index in [1.54, 1.807) is 6.20 Å². The highest BCUT2D eigenvalue weighted by Crippen LogP contribution is 2.35. The van der Waals surface area contributed by atoms with E-state index in [1.807, 2.05) is 37.3 Å². The number of anilines is 1. The van der Waals surface area contributed by atoms with Crippen LogP contribution in [0.15, 0.2) is 42.6 Å². The number of benzene rings is 1. The standard InChI is InChI=1S/C22H25N3O2/c1-15-6-7-19(23-13-15)22(27)8-10-25(11-9-22)21-18(14-26)12-17-5-3-4-16(2)20(17)24-21/h3-7,12-13,26-27H,8-11,14H2,1-2H3. The lowest BCUT2D eigenvalue weighted by molar-refractivity contribution is 0.00744. The molecule has 140 valence electrons. The third kappa shape index (κ3) is 3.29. The van der Waals surface area contributed by atoms with Gasteiger partial charge in [-0.15, -0.1) is 0 Å². The highest BCUT2D eigenvalue weighted by molar-refractivity contribution is 5.84. The Balaban J connectivity index is 1.62. The first-order valence-corrected chi connectivity index (χ1v) is 9.41. The lowest BCUT2D eigenvalue weighted by Gasteiger charge is -2.39. The number of piperidine rings is 1. The molecule has 2 N–H and O–H groups in total. The van der Waals surface area contributed by atoms with Crippen LogP contribution in [-0.4, -0.2) is 33.3 Å². The molecule has 0 amide bonds. The van der Waals surface area contributed by atoms with Crippen molar-refractivity contribution in [1.82, 2.24) is 9.97 Å². The second-order valence-electron chi connectivity index (χ2n) is 7.52. The van der Waals surface area contributed by atoms with Crippen LogP contribution in [0.1, 0.15) is 35.2 Å². The van der Waals surface area contributed by atoms with E-state index in [1.165, 1.54) is 0 Å². The Bertz CT molecular complexity index is 961. The maximum atomic E-state index is 11.1. The number of pyridine rings is 2. The molecule has 0 bridgehead atoms. The Labute approximate surface area is 159 Å². The Morgan fingerprint density at radius 3 is 2.56 bits per heavy atom. The average Bonchev–Trinajstić information content (AvgIpc) is 2.68. The number of aromatic nitrogens is 2. The second-order valence-corrected chi connectivity index (χ2v) is 7.52. The number of para-hydroxylation sites is 1. The van der Waals surface area contributed by atoms with E-state index in [2.05, 4.69) is 22.9 Å². The fourth-order valence-corrected chi connectivity index (χ4v) is 3.86. The molecule has 1 saturated heterocycles. The van der Waals surface area contributed by atoms with Crippen LogP contribution in [-0.2, 0) is 12.2 Å². The molecule has 1 fully saturated rings. The Kier molecular flexibility index (Phi) is 4.58. The molecule has 5 nitrogen and oxygen atoms in total. The molecular weight excluding hydrogens is 338 g/mol. The summed E-state index contributed by atoms with van der Waals surface area (Å²) in [6, 6.07) is 12.0. The minimum absolute atomic E-state index is 0.0491. The Morgan fingerprint density at radius 2 is 1.89 bits per heavy atom. The average molecular weight is 363 g/mol. The molecule has 1 aromatic carbocycles. The van der Waals surface area contributed by atoms with Gasteiger partial charge in [0.1, 0.15) is 11.4 Å². The van der Waals surface area contributed by atoms with Gasteiger partial charge < -0.3 is 15.1 Å². The number of hydrogen-bond donors (Lipinski definition) is 2. The van der Waals surface area contributed by atoms with Gasteiger partial charge in [0.25, 0.3) is 0 Å². The van der Waals surface area contributed by atoms with Gasteiger partial charge in [-0.2, -0.15) is 0 Å². The van der Waals surface area contributed by atoms with Crippen molar-refractivity contribution in [3.8, 4) is 0 Å². The van der Waals surface area contributed by atoms with Crippen molar-refractivity contribution in [2.24, 2.45) is 0 Å². The van der Waals surface area contributed by atoms with Crippen LogP contribution in [0, 0.1) is 13.8 Å². The smallest absolute Gasteiger partial charge is 0.134 e. The molecule has 1 aliphatic rings. The van der Waals surface area contributed by atoms with E-state index in [9.17, 15) is 10.2 Å². The van der Waals surface area contributed by atoms with Gasteiger partial charge in [0.15, 0.2) is 0 Å². The van der Waals surface area contributed by atoms with E-state index >= 15 is 0 Å². The quantitative estimate of drug-likeness (QED) is 0.748. The summed E-state index contributed by atoms with van der Waals surface area (Å²) in [7, 11) is 0. The highest BCUT2D eigenvalue weighted by atomic mass is 16.3. The van der Waals surface area contributed by atoms with Crippen LogP contribution in [0.2, 0.25) is 0 Å². The zero-order valence-electron chi connectivity index (χ0n) is 15.8. The highest BCUT2D eigenvalue weighted by Gasteiger charge is 2.36. The molecule has 0 saturated carbocycles. The summed E-state index contributed by atoms with van der Waals surface area (Å²) in [5, 5.41) is 22.0. The van der Waals surface area contributed by atoms with Crippen molar-refractivity contribution in [3.05, 3.63) is 65.0 Å². The molecule has 1 aliphatic heterocycles. The van der Waals surface area contributed by atoms with Gasteiger partial charge in [0.2, 0.25) is 0 Å². The SMILES string of the molecule is Cc1ccc(C2(O)CCN(c3nc4c(C)cccc4cc3CO)CC2)nc1. The molecule has 3 aromatic rings. The summed E-state index contributed by atoms with van der Waals surface area (Å²) < 4.78 is 0. The van der Waals surface area contributed by atoms with E-state index in [0.29, 0.717) is 25.9 Å². The molecule has 0 spiro atoms. The second kappa shape index (κ2) is 6.91. The summed E-state index contributed by atoms with van der Waals surface area (Å²) in [5.41, 5.74) is 3.82. The van der Waals surface area contributed by atoms with Gasteiger partial charge >= 0.3 is 0 Å². The number of rotatable bonds is 3.